The first-order valence-corrected chi connectivity index (χ1v) is 8.59. The standard InChI is InChI=1S/C16H25NO4S/c1-5-11(4)8-14(18)21-13(7-6-10(2)3)15-17-12(9-22-15)16(19)20/h9-11,13H,5-8H2,1-4H3,(H,19,20)/t11-,13?/m1/s1. The molecule has 1 unspecified atom stereocenters. The number of nitrogens with zero attached hydrogens (tertiary/aromatic N) is 1. The zero-order chi connectivity index (χ0) is 16.7. The van der Waals surface area contributed by atoms with E-state index in [1.807, 2.05) is 13.8 Å². The van der Waals surface area contributed by atoms with E-state index in [2.05, 4.69) is 18.8 Å². The third-order valence-corrected chi connectivity index (χ3v) is 4.45. The molecular formula is C16H25NO4S. The fraction of sp³-hybridized carbons (Fsp3) is 0.688. The molecule has 124 valence electrons. The van der Waals surface area contributed by atoms with Gasteiger partial charge in [-0.15, -0.1) is 11.3 Å². The van der Waals surface area contributed by atoms with Crippen molar-refractivity contribution in [2.75, 3.05) is 0 Å². The molecule has 0 saturated carbocycles. The molecule has 1 heterocycles. The van der Waals surface area contributed by atoms with Gasteiger partial charge in [0.15, 0.2) is 11.8 Å². The molecule has 0 aliphatic rings. The molecule has 0 aliphatic carbocycles. The Morgan fingerprint density at radius 1 is 1.32 bits per heavy atom. The number of carboxylic acid groups (broad SMARTS) is 1. The SMILES string of the molecule is CC[C@@H](C)CC(=O)OC(CCC(C)C)c1nc(C(=O)O)cs1. The van der Waals surface area contributed by atoms with Crippen LogP contribution in [0, 0.1) is 11.8 Å². The normalized spacial score (nSPS) is 13.9. The molecule has 2 atom stereocenters. The fourth-order valence-corrected chi connectivity index (χ4v) is 2.74. The summed E-state index contributed by atoms with van der Waals surface area (Å²) >= 11 is 1.24. The number of rotatable bonds is 9. The van der Waals surface area contributed by atoms with Crippen LogP contribution in [0.5, 0.6) is 0 Å². The smallest absolute Gasteiger partial charge is 0.355 e. The minimum atomic E-state index is -1.06. The van der Waals surface area contributed by atoms with Crippen LogP contribution in [-0.2, 0) is 9.53 Å². The van der Waals surface area contributed by atoms with Gasteiger partial charge in [-0.05, 0) is 24.7 Å². The van der Waals surface area contributed by atoms with E-state index in [0.29, 0.717) is 23.8 Å². The van der Waals surface area contributed by atoms with Gasteiger partial charge in [0, 0.05) is 11.8 Å². The Balaban J connectivity index is 2.78. The Labute approximate surface area is 135 Å². The summed E-state index contributed by atoms with van der Waals surface area (Å²) in [7, 11) is 0. The maximum absolute atomic E-state index is 12.0. The van der Waals surface area contributed by atoms with Gasteiger partial charge in [0.2, 0.25) is 0 Å². The molecule has 0 spiro atoms. The predicted octanol–water partition coefficient (Wildman–Crippen LogP) is 4.30. The van der Waals surface area contributed by atoms with Crippen LogP contribution in [0.15, 0.2) is 5.38 Å². The van der Waals surface area contributed by atoms with Gasteiger partial charge in [-0.25, -0.2) is 9.78 Å². The van der Waals surface area contributed by atoms with Gasteiger partial charge in [0.25, 0.3) is 0 Å². The maximum atomic E-state index is 12.0. The van der Waals surface area contributed by atoms with Crippen molar-refractivity contribution < 1.29 is 19.4 Å². The van der Waals surface area contributed by atoms with Crippen molar-refractivity contribution in [3.05, 3.63) is 16.1 Å². The van der Waals surface area contributed by atoms with Crippen LogP contribution in [0.25, 0.3) is 0 Å². The van der Waals surface area contributed by atoms with Crippen molar-refractivity contribution in [1.82, 2.24) is 4.98 Å². The van der Waals surface area contributed by atoms with Crippen LogP contribution in [0.2, 0.25) is 0 Å². The number of carboxylic acids is 1. The Hall–Kier alpha value is -1.43. The number of aromatic nitrogens is 1. The Morgan fingerprint density at radius 3 is 2.50 bits per heavy atom. The summed E-state index contributed by atoms with van der Waals surface area (Å²) in [4.78, 5) is 27.0. The number of hydrogen-bond acceptors (Lipinski definition) is 5. The molecule has 0 amide bonds. The fourth-order valence-electron chi connectivity index (χ4n) is 1.89. The lowest BCUT2D eigenvalue weighted by molar-refractivity contribution is -0.151. The number of carbonyl (C=O) groups excluding carboxylic acids is 1. The molecule has 5 nitrogen and oxygen atoms in total. The summed E-state index contributed by atoms with van der Waals surface area (Å²) in [5, 5.41) is 11.0. The average molecular weight is 327 g/mol. The predicted molar refractivity (Wildman–Crippen MR) is 86.1 cm³/mol. The second-order valence-electron chi connectivity index (χ2n) is 6.04. The van der Waals surface area contributed by atoms with Crippen molar-refractivity contribution in [1.29, 1.82) is 0 Å². The number of aromatic carboxylic acids is 1. The van der Waals surface area contributed by atoms with Crippen molar-refractivity contribution in [2.45, 2.75) is 59.5 Å². The summed E-state index contributed by atoms with van der Waals surface area (Å²) in [6.45, 7) is 8.25. The van der Waals surface area contributed by atoms with E-state index in [9.17, 15) is 9.59 Å². The zero-order valence-electron chi connectivity index (χ0n) is 13.7. The summed E-state index contributed by atoms with van der Waals surface area (Å²) in [5.74, 6) is -0.537. The molecule has 1 N–H and O–H groups in total. The molecule has 0 aromatic carbocycles. The number of thiazole rings is 1. The molecule has 1 rings (SSSR count). The van der Waals surface area contributed by atoms with Gasteiger partial charge in [0.05, 0.1) is 0 Å². The molecule has 0 saturated heterocycles. The first-order chi connectivity index (χ1) is 10.3. The van der Waals surface area contributed by atoms with Crippen molar-refractivity contribution in [3.8, 4) is 0 Å². The van der Waals surface area contributed by atoms with E-state index in [-0.39, 0.29) is 17.6 Å². The average Bonchev–Trinajstić information content (AvgIpc) is 2.92. The van der Waals surface area contributed by atoms with E-state index >= 15 is 0 Å². The van der Waals surface area contributed by atoms with Crippen LogP contribution in [-0.4, -0.2) is 22.0 Å². The van der Waals surface area contributed by atoms with Crippen LogP contribution in [0.3, 0.4) is 0 Å². The Kier molecular flexibility index (Phi) is 7.51. The van der Waals surface area contributed by atoms with Crippen molar-refractivity contribution >= 4 is 23.3 Å². The highest BCUT2D eigenvalue weighted by molar-refractivity contribution is 7.09. The number of esters is 1. The summed E-state index contributed by atoms with van der Waals surface area (Å²) in [5.41, 5.74) is 0.00696. The first-order valence-electron chi connectivity index (χ1n) is 7.71. The molecule has 0 radical (unpaired) electrons. The van der Waals surface area contributed by atoms with Gasteiger partial charge in [-0.3, -0.25) is 4.79 Å². The van der Waals surface area contributed by atoms with Crippen molar-refractivity contribution in [2.24, 2.45) is 11.8 Å². The van der Waals surface area contributed by atoms with Gasteiger partial charge >= 0.3 is 11.9 Å². The number of carbonyl (C=O) groups is 2. The lowest BCUT2D eigenvalue weighted by Crippen LogP contribution is -2.15. The molecule has 0 fully saturated rings. The highest BCUT2D eigenvalue weighted by Gasteiger charge is 2.22. The molecule has 0 aliphatic heterocycles. The number of ether oxygens (including phenoxy) is 1. The molecular weight excluding hydrogens is 302 g/mol. The van der Waals surface area contributed by atoms with Gasteiger partial charge < -0.3 is 9.84 Å². The Bertz CT molecular complexity index is 498. The first kappa shape index (κ1) is 18.6. The van der Waals surface area contributed by atoms with Crippen LogP contribution in [0.4, 0.5) is 0 Å². The lowest BCUT2D eigenvalue weighted by atomic mass is 10.0. The van der Waals surface area contributed by atoms with E-state index in [1.54, 1.807) is 0 Å². The van der Waals surface area contributed by atoms with Crippen molar-refractivity contribution in [3.63, 3.8) is 0 Å². The minimum Gasteiger partial charge on any atom is -0.476 e. The summed E-state index contributed by atoms with van der Waals surface area (Å²) < 4.78 is 5.57. The number of hydrogen-bond donors (Lipinski definition) is 1. The van der Waals surface area contributed by atoms with Crippen LogP contribution < -0.4 is 0 Å². The van der Waals surface area contributed by atoms with Crippen LogP contribution in [0.1, 0.15) is 75.0 Å². The summed E-state index contributed by atoms with van der Waals surface area (Å²) in [6, 6.07) is 0. The molecule has 0 bridgehead atoms. The van der Waals surface area contributed by atoms with Crippen LogP contribution >= 0.6 is 11.3 Å². The maximum Gasteiger partial charge on any atom is 0.355 e. The Morgan fingerprint density at radius 2 is 2.00 bits per heavy atom. The topological polar surface area (TPSA) is 76.5 Å². The zero-order valence-corrected chi connectivity index (χ0v) is 14.5. The van der Waals surface area contributed by atoms with E-state index < -0.39 is 12.1 Å². The largest absolute Gasteiger partial charge is 0.476 e. The molecule has 22 heavy (non-hydrogen) atoms. The lowest BCUT2D eigenvalue weighted by Gasteiger charge is -2.18. The van der Waals surface area contributed by atoms with Gasteiger partial charge in [-0.2, -0.15) is 0 Å². The minimum absolute atomic E-state index is 0.00696. The molecule has 1 aromatic rings. The molecule has 1 aromatic heterocycles. The third-order valence-electron chi connectivity index (χ3n) is 3.51. The summed E-state index contributed by atoms with van der Waals surface area (Å²) in [6.07, 6.45) is 2.41. The highest BCUT2D eigenvalue weighted by Crippen LogP contribution is 2.28. The monoisotopic (exact) mass is 327 g/mol. The quantitative estimate of drug-likeness (QED) is 0.684. The highest BCUT2D eigenvalue weighted by atomic mass is 32.1. The molecule has 6 heteroatoms. The second-order valence-corrected chi connectivity index (χ2v) is 6.93. The second kappa shape index (κ2) is 8.88. The van der Waals surface area contributed by atoms with E-state index in [4.69, 9.17) is 9.84 Å². The van der Waals surface area contributed by atoms with Gasteiger partial charge in [0.1, 0.15) is 5.01 Å². The third kappa shape index (κ3) is 6.13. The van der Waals surface area contributed by atoms with Gasteiger partial charge in [-0.1, -0.05) is 34.1 Å². The van der Waals surface area contributed by atoms with E-state index in [1.165, 1.54) is 16.7 Å². The van der Waals surface area contributed by atoms with E-state index in [0.717, 1.165) is 12.8 Å².